The van der Waals surface area contributed by atoms with Gasteiger partial charge in [-0.2, -0.15) is 0 Å². The molecule has 1 aromatic rings. The zero-order valence-electron chi connectivity index (χ0n) is 18.0. The van der Waals surface area contributed by atoms with Crippen molar-refractivity contribution >= 4 is 35.8 Å². The topological polar surface area (TPSA) is 95.0 Å². The van der Waals surface area contributed by atoms with E-state index in [9.17, 15) is 9.90 Å². The van der Waals surface area contributed by atoms with E-state index in [-0.39, 0.29) is 35.6 Å². The highest BCUT2D eigenvalue weighted by atomic mass is 127. The summed E-state index contributed by atoms with van der Waals surface area (Å²) in [6.07, 6.45) is 8.75. The Bertz CT molecular complexity index is 635. The Kier molecular flexibility index (Phi) is 14.3. The van der Waals surface area contributed by atoms with E-state index in [1.54, 1.807) is 18.2 Å². The van der Waals surface area contributed by atoms with E-state index >= 15 is 0 Å². The van der Waals surface area contributed by atoms with Gasteiger partial charge >= 0.3 is 0 Å². The van der Waals surface area contributed by atoms with Crippen LogP contribution in [-0.4, -0.2) is 55.9 Å². The molecule has 7 nitrogen and oxygen atoms in total. The van der Waals surface area contributed by atoms with Gasteiger partial charge in [0.05, 0.1) is 12.7 Å². The fraction of sp³-hybridized carbons (Fsp3) is 0.636. The molecule has 1 saturated carbocycles. The number of carbonyl (C=O) groups is 1. The van der Waals surface area contributed by atoms with Crippen LogP contribution in [0.1, 0.15) is 62.2 Å². The van der Waals surface area contributed by atoms with Crippen LogP contribution in [0.3, 0.4) is 0 Å². The summed E-state index contributed by atoms with van der Waals surface area (Å²) in [5.74, 6) is 0.675. The Labute approximate surface area is 197 Å². The molecule has 0 radical (unpaired) electrons. The van der Waals surface area contributed by atoms with Crippen molar-refractivity contribution in [3.63, 3.8) is 0 Å². The average molecular weight is 532 g/mol. The van der Waals surface area contributed by atoms with Crippen LogP contribution in [0.2, 0.25) is 0 Å². The molecule has 0 heterocycles. The van der Waals surface area contributed by atoms with Crippen molar-refractivity contribution in [1.29, 1.82) is 0 Å². The molecule has 4 N–H and O–H groups in total. The minimum atomic E-state index is -0.189. The van der Waals surface area contributed by atoms with Crippen molar-refractivity contribution < 1.29 is 14.6 Å². The van der Waals surface area contributed by atoms with E-state index in [1.807, 2.05) is 6.92 Å². The highest BCUT2D eigenvalue weighted by Gasteiger charge is 2.12. The van der Waals surface area contributed by atoms with Crippen LogP contribution < -0.4 is 16.0 Å². The van der Waals surface area contributed by atoms with Crippen LogP contribution in [0, 0.1) is 0 Å². The van der Waals surface area contributed by atoms with E-state index in [0.717, 1.165) is 25.5 Å². The van der Waals surface area contributed by atoms with Gasteiger partial charge in [-0.1, -0.05) is 31.7 Å². The van der Waals surface area contributed by atoms with Crippen molar-refractivity contribution in [3.8, 4) is 5.75 Å². The van der Waals surface area contributed by atoms with Crippen LogP contribution >= 0.6 is 24.0 Å². The standard InChI is InChI=1S/C22H36N4O3.HI/c1-2-23-22(26-15-16-29-20-11-5-3-4-6-12-20)25-14-8-13-24-21(28)18-9-7-10-19(27)17-18;/h7,9-10,17,20,27H,2-6,8,11-16H2,1H3,(H,24,28)(H2,23,25,26);1H. The summed E-state index contributed by atoms with van der Waals surface area (Å²) in [6.45, 7) is 5.39. The zero-order chi connectivity index (χ0) is 20.7. The summed E-state index contributed by atoms with van der Waals surface area (Å²) in [4.78, 5) is 16.6. The second-order valence-electron chi connectivity index (χ2n) is 7.33. The minimum Gasteiger partial charge on any atom is -0.508 e. The molecule has 0 saturated heterocycles. The number of halogens is 1. The van der Waals surface area contributed by atoms with Crippen molar-refractivity contribution in [2.75, 3.05) is 32.8 Å². The third-order valence-electron chi connectivity index (χ3n) is 4.89. The molecule has 0 aliphatic heterocycles. The van der Waals surface area contributed by atoms with Crippen LogP contribution in [0.5, 0.6) is 5.75 Å². The van der Waals surface area contributed by atoms with Crippen molar-refractivity contribution in [3.05, 3.63) is 29.8 Å². The maximum Gasteiger partial charge on any atom is 0.251 e. The molecule has 2 rings (SSSR count). The van der Waals surface area contributed by atoms with Crippen molar-refractivity contribution in [1.82, 2.24) is 16.0 Å². The molecule has 0 aromatic heterocycles. The number of guanidine groups is 1. The predicted octanol–water partition coefficient (Wildman–Crippen LogP) is 3.42. The molecular formula is C22H37IN4O3. The maximum atomic E-state index is 12.0. The van der Waals surface area contributed by atoms with Crippen LogP contribution in [0.15, 0.2) is 29.3 Å². The molecule has 170 valence electrons. The number of ether oxygens (including phenoxy) is 1. The van der Waals surface area contributed by atoms with E-state index in [1.165, 1.54) is 44.6 Å². The number of nitrogens with zero attached hydrogens (tertiary/aromatic N) is 1. The molecule has 8 heteroatoms. The monoisotopic (exact) mass is 532 g/mol. The Morgan fingerprint density at radius 3 is 2.60 bits per heavy atom. The molecule has 1 amide bonds. The number of aromatic hydroxyl groups is 1. The number of nitrogens with one attached hydrogen (secondary N) is 3. The lowest BCUT2D eigenvalue weighted by Crippen LogP contribution is -2.39. The SMILES string of the molecule is CCNC(=NCCCNC(=O)c1cccc(O)c1)NCCOC1CCCCCC1.I. The van der Waals surface area contributed by atoms with Gasteiger partial charge in [-0.25, -0.2) is 0 Å². The molecule has 30 heavy (non-hydrogen) atoms. The Hall–Kier alpha value is -1.55. The van der Waals surface area contributed by atoms with E-state index < -0.39 is 0 Å². The second kappa shape index (κ2) is 16.2. The highest BCUT2D eigenvalue weighted by molar-refractivity contribution is 14.0. The van der Waals surface area contributed by atoms with Gasteiger partial charge in [-0.3, -0.25) is 9.79 Å². The lowest BCUT2D eigenvalue weighted by atomic mass is 10.1. The fourth-order valence-corrected chi connectivity index (χ4v) is 3.37. The van der Waals surface area contributed by atoms with E-state index in [2.05, 4.69) is 20.9 Å². The van der Waals surface area contributed by atoms with Gasteiger partial charge in [0.1, 0.15) is 5.75 Å². The molecule has 1 aliphatic carbocycles. The van der Waals surface area contributed by atoms with E-state index in [4.69, 9.17) is 4.74 Å². The molecule has 0 bridgehead atoms. The number of rotatable bonds is 10. The summed E-state index contributed by atoms with van der Waals surface area (Å²) in [5, 5.41) is 18.8. The maximum absolute atomic E-state index is 12.0. The van der Waals surface area contributed by atoms with Crippen molar-refractivity contribution in [2.24, 2.45) is 4.99 Å². The third-order valence-corrected chi connectivity index (χ3v) is 4.89. The molecule has 1 aliphatic rings. The van der Waals surface area contributed by atoms with Crippen LogP contribution in [-0.2, 0) is 4.74 Å². The average Bonchev–Trinajstić information content (AvgIpc) is 2.99. The summed E-state index contributed by atoms with van der Waals surface area (Å²) in [7, 11) is 0. The summed E-state index contributed by atoms with van der Waals surface area (Å²) < 4.78 is 6.00. The Balaban J connectivity index is 0.00000450. The number of hydrogen-bond acceptors (Lipinski definition) is 4. The number of phenolic OH excluding ortho intramolecular Hbond substituents is 1. The zero-order valence-corrected chi connectivity index (χ0v) is 20.3. The number of aliphatic imine (C=N–C) groups is 1. The highest BCUT2D eigenvalue weighted by Crippen LogP contribution is 2.19. The van der Waals surface area contributed by atoms with Gasteiger partial charge < -0.3 is 25.8 Å². The lowest BCUT2D eigenvalue weighted by Gasteiger charge is -2.16. The summed E-state index contributed by atoms with van der Waals surface area (Å²) in [5.41, 5.74) is 0.456. The fourth-order valence-electron chi connectivity index (χ4n) is 3.37. The summed E-state index contributed by atoms with van der Waals surface area (Å²) >= 11 is 0. The molecule has 1 aromatic carbocycles. The van der Waals surface area contributed by atoms with Crippen molar-refractivity contribution in [2.45, 2.75) is 58.0 Å². The number of benzene rings is 1. The number of carbonyl (C=O) groups excluding carboxylic acids is 1. The Morgan fingerprint density at radius 1 is 1.13 bits per heavy atom. The minimum absolute atomic E-state index is 0. The predicted molar refractivity (Wildman–Crippen MR) is 132 cm³/mol. The smallest absolute Gasteiger partial charge is 0.251 e. The number of amides is 1. The quantitative estimate of drug-likeness (QED) is 0.122. The first-order valence-electron chi connectivity index (χ1n) is 10.9. The van der Waals surface area contributed by atoms with Crippen LogP contribution in [0.4, 0.5) is 0 Å². The Morgan fingerprint density at radius 2 is 1.90 bits per heavy atom. The number of hydrogen-bond donors (Lipinski definition) is 4. The normalized spacial score (nSPS) is 15.0. The molecule has 0 unspecified atom stereocenters. The summed E-state index contributed by atoms with van der Waals surface area (Å²) in [6, 6.07) is 6.33. The van der Waals surface area contributed by atoms with Gasteiger partial charge in [-0.05, 0) is 44.4 Å². The largest absolute Gasteiger partial charge is 0.508 e. The molecule has 0 atom stereocenters. The van der Waals surface area contributed by atoms with Gasteiger partial charge in [-0.15, -0.1) is 24.0 Å². The first-order chi connectivity index (χ1) is 14.2. The van der Waals surface area contributed by atoms with Crippen LogP contribution in [0.25, 0.3) is 0 Å². The van der Waals surface area contributed by atoms with Gasteiger partial charge in [0.25, 0.3) is 5.91 Å². The molecular weight excluding hydrogens is 495 g/mol. The van der Waals surface area contributed by atoms with Gasteiger partial charge in [0.15, 0.2) is 5.96 Å². The molecule has 1 fully saturated rings. The molecule has 0 spiro atoms. The second-order valence-corrected chi connectivity index (χ2v) is 7.33. The van der Waals surface area contributed by atoms with E-state index in [0.29, 0.717) is 31.4 Å². The first-order valence-corrected chi connectivity index (χ1v) is 10.9. The van der Waals surface area contributed by atoms with Gasteiger partial charge in [0, 0.05) is 31.7 Å². The third kappa shape index (κ3) is 11.0. The lowest BCUT2D eigenvalue weighted by molar-refractivity contribution is 0.0468. The first kappa shape index (κ1) is 26.5. The number of phenols is 1. The van der Waals surface area contributed by atoms with Gasteiger partial charge in [0.2, 0.25) is 0 Å².